The summed E-state index contributed by atoms with van der Waals surface area (Å²) in [5.74, 6) is 1.09. The van der Waals surface area contributed by atoms with Gasteiger partial charge in [-0.1, -0.05) is 6.07 Å². The van der Waals surface area contributed by atoms with E-state index in [9.17, 15) is 9.18 Å². The summed E-state index contributed by atoms with van der Waals surface area (Å²) in [5, 5.41) is 10.3. The predicted octanol–water partition coefficient (Wildman–Crippen LogP) is 3.91. The van der Waals surface area contributed by atoms with Crippen molar-refractivity contribution in [3.8, 4) is 17.1 Å². The maximum absolute atomic E-state index is 14.3. The van der Waals surface area contributed by atoms with Crippen molar-refractivity contribution in [2.75, 3.05) is 14.2 Å². The van der Waals surface area contributed by atoms with Gasteiger partial charge in [-0.2, -0.15) is 5.10 Å². The van der Waals surface area contributed by atoms with Gasteiger partial charge in [-0.05, 0) is 36.4 Å². The van der Waals surface area contributed by atoms with Gasteiger partial charge in [-0.3, -0.25) is 9.89 Å². The molecule has 0 aliphatic rings. The third-order valence-electron chi connectivity index (χ3n) is 4.55. The van der Waals surface area contributed by atoms with Crippen LogP contribution < -0.4 is 10.1 Å². The molecule has 0 bridgehead atoms. The summed E-state index contributed by atoms with van der Waals surface area (Å²) in [7, 11) is 3.12. The quantitative estimate of drug-likeness (QED) is 0.468. The number of H-pyrrole nitrogens is 1. The van der Waals surface area contributed by atoms with E-state index in [-0.39, 0.29) is 24.9 Å². The molecule has 0 radical (unpaired) electrons. The van der Waals surface area contributed by atoms with Crippen LogP contribution in [0.2, 0.25) is 0 Å². The number of carbonyl (C=O) groups is 1. The number of methoxy groups -OCH3 is 2. The average molecular weight is 426 g/mol. The highest BCUT2D eigenvalue weighted by Crippen LogP contribution is 2.33. The molecule has 0 aliphatic carbocycles. The van der Waals surface area contributed by atoms with Crippen molar-refractivity contribution >= 4 is 27.3 Å². The van der Waals surface area contributed by atoms with Crippen LogP contribution in [0.15, 0.2) is 42.5 Å². The van der Waals surface area contributed by atoms with Crippen molar-refractivity contribution in [1.82, 2.24) is 20.5 Å². The van der Waals surface area contributed by atoms with Gasteiger partial charge in [0.05, 0.1) is 25.1 Å². The standard InChI is InChI=1S/C21H19FN4O3S/c1-28-11-14-18-15(22)4-3-5-16(18)30-19(14)21(27)23-10-17-24-20(26-25-17)12-6-8-13(29-2)9-7-12/h3-9H,10-11H2,1-2H3,(H,23,27)(H,24,25,26). The first-order valence-corrected chi connectivity index (χ1v) is 9.95. The average Bonchev–Trinajstić information content (AvgIpc) is 3.38. The third kappa shape index (κ3) is 3.89. The number of nitrogens with zero attached hydrogens (tertiary/aromatic N) is 2. The molecule has 0 unspecified atom stereocenters. The van der Waals surface area contributed by atoms with Crippen LogP contribution in [0.5, 0.6) is 5.75 Å². The molecule has 0 atom stereocenters. The number of aromatic nitrogens is 3. The van der Waals surface area contributed by atoms with E-state index >= 15 is 0 Å². The minimum absolute atomic E-state index is 0.146. The number of fused-ring (bicyclic) bond motifs is 1. The van der Waals surface area contributed by atoms with Gasteiger partial charge in [0, 0.05) is 28.3 Å². The van der Waals surface area contributed by atoms with Gasteiger partial charge in [0.15, 0.2) is 5.82 Å². The number of hydrogen-bond donors (Lipinski definition) is 2. The van der Waals surface area contributed by atoms with Crippen LogP contribution in [-0.2, 0) is 17.9 Å². The van der Waals surface area contributed by atoms with E-state index in [2.05, 4.69) is 20.5 Å². The van der Waals surface area contributed by atoms with Gasteiger partial charge >= 0.3 is 0 Å². The molecule has 0 aliphatic heterocycles. The highest BCUT2D eigenvalue weighted by atomic mass is 32.1. The summed E-state index contributed by atoms with van der Waals surface area (Å²) in [6.07, 6.45) is 0. The molecule has 2 aromatic carbocycles. The Morgan fingerprint density at radius 1 is 1.20 bits per heavy atom. The molecule has 0 fully saturated rings. The van der Waals surface area contributed by atoms with Gasteiger partial charge in [-0.25, -0.2) is 9.37 Å². The lowest BCUT2D eigenvalue weighted by Crippen LogP contribution is -2.23. The Morgan fingerprint density at radius 3 is 2.73 bits per heavy atom. The normalized spacial score (nSPS) is 11.0. The number of halogens is 1. The van der Waals surface area contributed by atoms with Crippen LogP contribution >= 0.6 is 11.3 Å². The van der Waals surface area contributed by atoms with Gasteiger partial charge in [0.1, 0.15) is 17.4 Å². The van der Waals surface area contributed by atoms with Crippen LogP contribution in [-0.4, -0.2) is 35.3 Å². The molecule has 0 spiro atoms. The molecule has 154 valence electrons. The molecule has 4 aromatic rings. The third-order valence-corrected chi connectivity index (χ3v) is 5.75. The first kappa shape index (κ1) is 20.0. The second-order valence-corrected chi connectivity index (χ2v) is 7.52. The summed E-state index contributed by atoms with van der Waals surface area (Å²) < 4.78 is 25.3. The van der Waals surface area contributed by atoms with E-state index in [0.717, 1.165) is 11.3 Å². The lowest BCUT2D eigenvalue weighted by Gasteiger charge is -2.05. The zero-order chi connectivity index (χ0) is 21.1. The topological polar surface area (TPSA) is 89.1 Å². The molecule has 0 saturated heterocycles. The number of amides is 1. The van der Waals surface area contributed by atoms with E-state index in [0.29, 0.717) is 32.2 Å². The van der Waals surface area contributed by atoms with Gasteiger partial charge in [-0.15, -0.1) is 11.3 Å². The Morgan fingerprint density at radius 2 is 2.00 bits per heavy atom. The molecule has 2 N–H and O–H groups in total. The number of nitrogens with one attached hydrogen (secondary N) is 2. The van der Waals surface area contributed by atoms with Crippen molar-refractivity contribution in [1.29, 1.82) is 0 Å². The number of hydrogen-bond acceptors (Lipinski definition) is 6. The van der Waals surface area contributed by atoms with Crippen molar-refractivity contribution in [3.05, 3.63) is 64.5 Å². The van der Waals surface area contributed by atoms with Gasteiger partial charge < -0.3 is 14.8 Å². The molecule has 0 saturated carbocycles. The number of rotatable bonds is 7. The minimum Gasteiger partial charge on any atom is -0.497 e. The zero-order valence-electron chi connectivity index (χ0n) is 16.4. The highest BCUT2D eigenvalue weighted by Gasteiger charge is 2.21. The first-order chi connectivity index (χ1) is 14.6. The number of ether oxygens (including phenoxy) is 2. The monoisotopic (exact) mass is 426 g/mol. The lowest BCUT2D eigenvalue weighted by molar-refractivity contribution is 0.0949. The van der Waals surface area contributed by atoms with Crippen molar-refractivity contribution in [3.63, 3.8) is 0 Å². The Labute approximate surface area is 175 Å². The molecule has 30 heavy (non-hydrogen) atoms. The molecular formula is C21H19FN4O3S. The maximum Gasteiger partial charge on any atom is 0.262 e. The fourth-order valence-electron chi connectivity index (χ4n) is 3.12. The summed E-state index contributed by atoms with van der Waals surface area (Å²) in [6, 6.07) is 12.2. The van der Waals surface area contributed by atoms with E-state index in [1.54, 1.807) is 19.2 Å². The van der Waals surface area contributed by atoms with Gasteiger partial charge in [0.25, 0.3) is 5.91 Å². The van der Waals surface area contributed by atoms with E-state index in [1.807, 2.05) is 24.3 Å². The van der Waals surface area contributed by atoms with Crippen LogP contribution in [0.25, 0.3) is 21.5 Å². The Hall–Kier alpha value is -3.30. The summed E-state index contributed by atoms with van der Waals surface area (Å²) in [5.41, 5.74) is 1.37. The molecule has 9 heteroatoms. The van der Waals surface area contributed by atoms with E-state index in [1.165, 1.54) is 24.5 Å². The second kappa shape index (κ2) is 8.60. The Balaban J connectivity index is 1.51. The SMILES string of the molecule is COCc1c(C(=O)NCc2nc(-c3ccc(OC)cc3)n[nH]2)sc2cccc(F)c12. The van der Waals surface area contributed by atoms with E-state index in [4.69, 9.17) is 9.47 Å². The van der Waals surface area contributed by atoms with E-state index < -0.39 is 0 Å². The number of aromatic amines is 1. The Kier molecular flexibility index (Phi) is 5.73. The molecule has 1 amide bonds. The molecular weight excluding hydrogens is 407 g/mol. The summed E-state index contributed by atoms with van der Waals surface area (Å²) in [6.45, 7) is 0.304. The van der Waals surface area contributed by atoms with Crippen LogP contribution in [0.1, 0.15) is 21.1 Å². The highest BCUT2D eigenvalue weighted by molar-refractivity contribution is 7.21. The number of carbonyl (C=O) groups excluding carboxylic acids is 1. The zero-order valence-corrected chi connectivity index (χ0v) is 17.2. The molecule has 7 nitrogen and oxygen atoms in total. The van der Waals surface area contributed by atoms with Crippen molar-refractivity contribution in [2.24, 2.45) is 0 Å². The Bertz CT molecular complexity index is 1190. The van der Waals surface area contributed by atoms with Crippen molar-refractivity contribution in [2.45, 2.75) is 13.2 Å². The van der Waals surface area contributed by atoms with Gasteiger partial charge in [0.2, 0.25) is 0 Å². The van der Waals surface area contributed by atoms with Crippen LogP contribution in [0.4, 0.5) is 4.39 Å². The molecule has 4 rings (SSSR count). The first-order valence-electron chi connectivity index (χ1n) is 9.13. The fourth-order valence-corrected chi connectivity index (χ4v) is 4.26. The second-order valence-electron chi connectivity index (χ2n) is 6.47. The van der Waals surface area contributed by atoms with Crippen LogP contribution in [0, 0.1) is 5.82 Å². The maximum atomic E-state index is 14.3. The summed E-state index contributed by atoms with van der Waals surface area (Å²) in [4.78, 5) is 17.6. The summed E-state index contributed by atoms with van der Waals surface area (Å²) >= 11 is 1.24. The smallest absolute Gasteiger partial charge is 0.262 e. The number of thiophene rings is 1. The van der Waals surface area contributed by atoms with Crippen LogP contribution in [0.3, 0.4) is 0 Å². The largest absolute Gasteiger partial charge is 0.497 e. The molecule has 2 heterocycles. The minimum atomic E-state index is -0.366. The number of benzene rings is 2. The van der Waals surface area contributed by atoms with Crippen molar-refractivity contribution < 1.29 is 18.7 Å². The molecule has 2 aromatic heterocycles. The predicted molar refractivity (Wildman–Crippen MR) is 112 cm³/mol. The lowest BCUT2D eigenvalue weighted by atomic mass is 10.1. The fraction of sp³-hybridized carbons (Fsp3) is 0.190.